The molecule has 2 unspecified atom stereocenters. The van der Waals surface area contributed by atoms with Crippen molar-refractivity contribution in [1.29, 1.82) is 0 Å². The zero-order chi connectivity index (χ0) is 10.3. The van der Waals surface area contributed by atoms with E-state index in [0.29, 0.717) is 12.2 Å². The average molecular weight is 215 g/mol. The summed E-state index contributed by atoms with van der Waals surface area (Å²) in [6, 6.07) is 1.58. The lowest BCUT2D eigenvalue weighted by Gasteiger charge is -2.15. The molecule has 1 aliphatic rings. The van der Waals surface area contributed by atoms with Crippen LogP contribution in [0, 0.1) is 0 Å². The molecule has 0 amide bonds. The van der Waals surface area contributed by atoms with Gasteiger partial charge in [0.05, 0.1) is 23.2 Å². The molecule has 78 valence electrons. The number of anilines is 1. The van der Waals surface area contributed by atoms with Gasteiger partial charge >= 0.3 is 0 Å². The highest BCUT2D eigenvalue weighted by atomic mass is 32.2. The van der Waals surface area contributed by atoms with Crippen molar-refractivity contribution in [3.8, 4) is 0 Å². The highest BCUT2D eigenvalue weighted by molar-refractivity contribution is 7.92. The lowest BCUT2D eigenvalue weighted by atomic mass is 10.2. The van der Waals surface area contributed by atoms with Crippen LogP contribution in [0.3, 0.4) is 0 Å². The Balaban J connectivity index is 2.36. The first-order chi connectivity index (χ1) is 6.52. The van der Waals surface area contributed by atoms with Crippen molar-refractivity contribution in [2.24, 2.45) is 0 Å². The fourth-order valence-corrected chi connectivity index (χ4v) is 3.54. The Hall–Kier alpha value is -1.04. The second kappa shape index (κ2) is 2.98. The standard InChI is InChI=1S/C8H13N3O2S/c1-6-7(3-5-14(6,12)13)11-8(9)2-4-10-11/h2,4,6-7H,3,5,9H2,1H3. The van der Waals surface area contributed by atoms with Crippen LogP contribution in [0.5, 0.6) is 0 Å². The monoisotopic (exact) mass is 215 g/mol. The number of nitrogens with two attached hydrogens (primary N) is 1. The number of hydrogen-bond acceptors (Lipinski definition) is 4. The van der Waals surface area contributed by atoms with Crippen molar-refractivity contribution in [3.05, 3.63) is 12.3 Å². The summed E-state index contributed by atoms with van der Waals surface area (Å²) in [5, 5.41) is 3.66. The van der Waals surface area contributed by atoms with Crippen LogP contribution in [0.15, 0.2) is 12.3 Å². The van der Waals surface area contributed by atoms with Gasteiger partial charge in [-0.05, 0) is 19.4 Å². The van der Waals surface area contributed by atoms with Gasteiger partial charge in [-0.15, -0.1) is 0 Å². The molecule has 14 heavy (non-hydrogen) atoms. The molecule has 1 aliphatic heterocycles. The van der Waals surface area contributed by atoms with Crippen LogP contribution < -0.4 is 5.73 Å². The maximum absolute atomic E-state index is 11.5. The van der Waals surface area contributed by atoms with E-state index < -0.39 is 9.84 Å². The van der Waals surface area contributed by atoms with Gasteiger partial charge < -0.3 is 5.73 Å². The van der Waals surface area contributed by atoms with Crippen molar-refractivity contribution in [2.75, 3.05) is 11.5 Å². The molecule has 0 aliphatic carbocycles. The molecule has 1 saturated heterocycles. The number of aromatic nitrogens is 2. The third kappa shape index (κ3) is 1.30. The zero-order valence-corrected chi connectivity index (χ0v) is 8.74. The molecule has 0 spiro atoms. The molecule has 0 saturated carbocycles. The maximum atomic E-state index is 11.5. The normalized spacial score (nSPS) is 30.6. The minimum Gasteiger partial charge on any atom is -0.384 e. The van der Waals surface area contributed by atoms with Crippen LogP contribution >= 0.6 is 0 Å². The minimum atomic E-state index is -2.93. The van der Waals surface area contributed by atoms with Gasteiger partial charge in [0.1, 0.15) is 5.82 Å². The van der Waals surface area contributed by atoms with Gasteiger partial charge in [0.25, 0.3) is 0 Å². The summed E-state index contributed by atoms with van der Waals surface area (Å²) in [4.78, 5) is 0. The van der Waals surface area contributed by atoms with Gasteiger partial charge in [0.2, 0.25) is 0 Å². The van der Waals surface area contributed by atoms with Crippen LogP contribution in [-0.4, -0.2) is 29.2 Å². The Bertz CT molecular complexity index is 437. The van der Waals surface area contributed by atoms with E-state index in [-0.39, 0.29) is 17.0 Å². The van der Waals surface area contributed by atoms with E-state index in [4.69, 9.17) is 5.73 Å². The van der Waals surface area contributed by atoms with E-state index >= 15 is 0 Å². The highest BCUT2D eigenvalue weighted by Crippen LogP contribution is 2.31. The molecule has 2 atom stereocenters. The van der Waals surface area contributed by atoms with Gasteiger partial charge in [0.15, 0.2) is 9.84 Å². The molecule has 5 nitrogen and oxygen atoms in total. The van der Waals surface area contributed by atoms with Crippen LogP contribution in [0.4, 0.5) is 5.82 Å². The molecule has 0 radical (unpaired) electrons. The predicted octanol–water partition coefficient (Wildman–Crippen LogP) is 0.213. The Morgan fingerprint density at radius 2 is 2.36 bits per heavy atom. The van der Waals surface area contributed by atoms with E-state index in [2.05, 4.69) is 5.10 Å². The highest BCUT2D eigenvalue weighted by Gasteiger charge is 2.38. The first kappa shape index (κ1) is 9.51. The maximum Gasteiger partial charge on any atom is 0.155 e. The summed E-state index contributed by atoms with van der Waals surface area (Å²) >= 11 is 0. The fraction of sp³-hybridized carbons (Fsp3) is 0.625. The van der Waals surface area contributed by atoms with Crippen LogP contribution in [0.1, 0.15) is 19.4 Å². The minimum absolute atomic E-state index is 0.102. The van der Waals surface area contributed by atoms with Crippen molar-refractivity contribution in [2.45, 2.75) is 24.6 Å². The number of hydrogen-bond donors (Lipinski definition) is 1. The van der Waals surface area contributed by atoms with Gasteiger partial charge in [-0.1, -0.05) is 0 Å². The van der Waals surface area contributed by atoms with Gasteiger partial charge in [-0.25, -0.2) is 13.1 Å². The van der Waals surface area contributed by atoms with Crippen molar-refractivity contribution in [3.63, 3.8) is 0 Å². The van der Waals surface area contributed by atoms with Crippen molar-refractivity contribution in [1.82, 2.24) is 9.78 Å². The molecule has 2 heterocycles. The first-order valence-corrected chi connectivity index (χ1v) is 6.24. The lowest BCUT2D eigenvalue weighted by molar-refractivity contribution is 0.457. The van der Waals surface area contributed by atoms with Gasteiger partial charge in [-0.3, -0.25) is 0 Å². The van der Waals surface area contributed by atoms with Crippen molar-refractivity contribution < 1.29 is 8.42 Å². The Labute approximate surface area is 82.8 Å². The SMILES string of the molecule is CC1C(n2nccc2N)CCS1(=O)=O. The van der Waals surface area contributed by atoms with Crippen LogP contribution in [0.2, 0.25) is 0 Å². The summed E-state index contributed by atoms with van der Waals surface area (Å²) in [5.74, 6) is 0.761. The van der Waals surface area contributed by atoms with E-state index in [1.807, 2.05) is 0 Å². The third-order valence-corrected chi connectivity index (χ3v) is 5.07. The molecule has 2 N–H and O–H groups in total. The molecule has 1 fully saturated rings. The fourth-order valence-electron chi connectivity index (χ4n) is 1.87. The predicted molar refractivity (Wildman–Crippen MR) is 53.5 cm³/mol. The average Bonchev–Trinajstić information content (AvgIpc) is 2.61. The largest absolute Gasteiger partial charge is 0.384 e. The van der Waals surface area contributed by atoms with Gasteiger partial charge in [0, 0.05) is 0 Å². The molecule has 0 aromatic carbocycles. The Morgan fingerprint density at radius 3 is 2.79 bits per heavy atom. The Kier molecular flexibility index (Phi) is 2.02. The zero-order valence-electron chi connectivity index (χ0n) is 7.92. The first-order valence-electron chi connectivity index (χ1n) is 4.53. The number of rotatable bonds is 1. The quantitative estimate of drug-likeness (QED) is 0.726. The summed E-state index contributed by atoms with van der Waals surface area (Å²) in [7, 11) is -2.93. The van der Waals surface area contributed by atoms with E-state index in [9.17, 15) is 8.42 Å². The molecule has 6 heteroatoms. The number of nitrogen functional groups attached to an aromatic ring is 1. The van der Waals surface area contributed by atoms with Gasteiger partial charge in [-0.2, -0.15) is 5.10 Å². The van der Waals surface area contributed by atoms with Crippen LogP contribution in [0.25, 0.3) is 0 Å². The second-order valence-electron chi connectivity index (χ2n) is 3.63. The number of nitrogens with zero attached hydrogens (tertiary/aromatic N) is 2. The topological polar surface area (TPSA) is 78.0 Å². The summed E-state index contributed by atoms with van der Waals surface area (Å²) in [5.41, 5.74) is 5.68. The summed E-state index contributed by atoms with van der Waals surface area (Å²) in [6.45, 7) is 1.72. The number of sulfone groups is 1. The van der Waals surface area contributed by atoms with E-state index in [1.165, 1.54) is 0 Å². The van der Waals surface area contributed by atoms with Crippen molar-refractivity contribution >= 4 is 15.7 Å². The van der Waals surface area contributed by atoms with Crippen LogP contribution in [-0.2, 0) is 9.84 Å². The third-order valence-electron chi connectivity index (χ3n) is 2.82. The molecular weight excluding hydrogens is 202 g/mol. The molecule has 0 bridgehead atoms. The molecule has 1 aromatic rings. The molecular formula is C8H13N3O2S. The smallest absolute Gasteiger partial charge is 0.155 e. The molecule has 1 aromatic heterocycles. The second-order valence-corrected chi connectivity index (χ2v) is 6.11. The Morgan fingerprint density at radius 1 is 1.64 bits per heavy atom. The summed E-state index contributed by atoms with van der Waals surface area (Å²) in [6.07, 6.45) is 2.20. The molecule has 2 rings (SSSR count). The lowest BCUT2D eigenvalue weighted by Crippen LogP contribution is -2.23. The van der Waals surface area contributed by atoms with E-state index in [1.54, 1.807) is 23.9 Å². The van der Waals surface area contributed by atoms with E-state index in [0.717, 1.165) is 0 Å². The summed E-state index contributed by atoms with van der Waals surface area (Å²) < 4.78 is 24.6.